The first-order valence-electron chi connectivity index (χ1n) is 8.69. The van der Waals surface area contributed by atoms with Crippen LogP contribution in [0.2, 0.25) is 5.02 Å². The van der Waals surface area contributed by atoms with Crippen molar-refractivity contribution in [1.29, 1.82) is 0 Å². The van der Waals surface area contributed by atoms with Gasteiger partial charge >= 0.3 is 5.97 Å². The second kappa shape index (κ2) is 7.82. The molecular formula is C20H21ClN2O3S. The molecule has 0 aliphatic carbocycles. The number of nitrogens with one attached hydrogen (secondary N) is 1. The Hall–Kier alpha value is -2.18. The molecule has 0 amide bonds. The van der Waals surface area contributed by atoms with Gasteiger partial charge in [-0.15, -0.1) is 11.3 Å². The summed E-state index contributed by atoms with van der Waals surface area (Å²) in [6.45, 7) is 7.72. The Morgan fingerprint density at radius 2 is 1.93 bits per heavy atom. The largest absolute Gasteiger partial charge is 0.457 e. The molecule has 0 saturated carbocycles. The maximum atomic E-state index is 12.7. The minimum Gasteiger partial charge on any atom is -0.457 e. The van der Waals surface area contributed by atoms with Crippen LogP contribution in [-0.4, -0.2) is 15.9 Å². The average Bonchev–Trinajstić information content (AvgIpc) is 2.89. The summed E-state index contributed by atoms with van der Waals surface area (Å²) in [6, 6.07) is 7.18. The van der Waals surface area contributed by atoms with Crippen LogP contribution in [0.5, 0.6) is 0 Å². The number of nitrogens with zero attached hydrogens (tertiary/aromatic N) is 1. The summed E-state index contributed by atoms with van der Waals surface area (Å²) < 4.78 is 5.48. The van der Waals surface area contributed by atoms with E-state index in [2.05, 4.69) is 9.97 Å². The van der Waals surface area contributed by atoms with E-state index in [9.17, 15) is 9.59 Å². The van der Waals surface area contributed by atoms with Gasteiger partial charge in [-0.3, -0.25) is 9.59 Å². The molecule has 7 heteroatoms. The van der Waals surface area contributed by atoms with E-state index in [-0.39, 0.29) is 24.1 Å². The summed E-state index contributed by atoms with van der Waals surface area (Å²) in [5.74, 6) is -0.367. The van der Waals surface area contributed by atoms with Crippen LogP contribution in [0.4, 0.5) is 0 Å². The number of ether oxygens (including phenoxy) is 1. The highest BCUT2D eigenvalue weighted by Gasteiger charge is 2.26. The van der Waals surface area contributed by atoms with Gasteiger partial charge in [0.25, 0.3) is 5.56 Å². The lowest BCUT2D eigenvalue weighted by atomic mass is 9.88. The van der Waals surface area contributed by atoms with Gasteiger partial charge in [-0.05, 0) is 43.0 Å². The fourth-order valence-corrected chi connectivity index (χ4v) is 4.23. The highest BCUT2D eigenvalue weighted by atomic mass is 35.5. The van der Waals surface area contributed by atoms with Gasteiger partial charge < -0.3 is 9.72 Å². The number of benzene rings is 1. The summed E-state index contributed by atoms with van der Waals surface area (Å²) in [5, 5.41) is 1.22. The molecule has 0 fully saturated rings. The van der Waals surface area contributed by atoms with Crippen molar-refractivity contribution in [3.8, 4) is 0 Å². The predicted molar refractivity (Wildman–Crippen MR) is 109 cm³/mol. The van der Waals surface area contributed by atoms with Gasteiger partial charge in [-0.2, -0.15) is 0 Å². The Balaban J connectivity index is 1.80. The Kier molecular flexibility index (Phi) is 5.67. The first-order valence-corrected chi connectivity index (χ1v) is 9.88. The van der Waals surface area contributed by atoms with Gasteiger partial charge in [-0.25, -0.2) is 4.98 Å². The van der Waals surface area contributed by atoms with Gasteiger partial charge in [0, 0.05) is 9.90 Å². The minimum absolute atomic E-state index is 0.0516. The number of hydrogen-bond donors (Lipinski definition) is 1. The van der Waals surface area contributed by atoms with E-state index in [0.717, 1.165) is 16.0 Å². The van der Waals surface area contributed by atoms with Gasteiger partial charge in [0.15, 0.2) is 0 Å². The second-order valence-electron chi connectivity index (χ2n) is 6.86. The van der Waals surface area contributed by atoms with Crippen LogP contribution in [0.25, 0.3) is 10.2 Å². The molecule has 0 radical (unpaired) electrons. The summed E-state index contributed by atoms with van der Waals surface area (Å²) in [4.78, 5) is 33.9. The molecule has 0 saturated heterocycles. The van der Waals surface area contributed by atoms with Crippen LogP contribution >= 0.6 is 22.9 Å². The first-order chi connectivity index (χ1) is 12.8. The number of thiophene rings is 1. The predicted octanol–water partition coefficient (Wildman–Crippen LogP) is 4.74. The number of esters is 1. The molecule has 1 aromatic carbocycles. The number of aryl methyl sites for hydroxylation is 2. The molecule has 0 spiro atoms. The third kappa shape index (κ3) is 4.06. The molecular weight excluding hydrogens is 384 g/mol. The molecule has 142 valence electrons. The van der Waals surface area contributed by atoms with E-state index in [1.165, 1.54) is 11.3 Å². The number of rotatable bonds is 5. The molecule has 0 bridgehead atoms. The third-order valence-corrected chi connectivity index (χ3v) is 5.94. The number of halogens is 1. The zero-order chi connectivity index (χ0) is 19.7. The van der Waals surface area contributed by atoms with Gasteiger partial charge in [0.05, 0.1) is 11.3 Å². The maximum Gasteiger partial charge on any atom is 0.314 e. The van der Waals surface area contributed by atoms with Crippen molar-refractivity contribution in [2.75, 3.05) is 0 Å². The number of carbonyl (C=O) groups is 1. The SMILES string of the molecule is Cc1sc2nc(COC(=O)C(c3ccc(Cl)cc3)C(C)C)[nH]c(=O)c2c1C. The Labute approximate surface area is 166 Å². The zero-order valence-corrected chi connectivity index (χ0v) is 17.2. The van der Waals surface area contributed by atoms with Crippen LogP contribution in [0, 0.1) is 19.8 Å². The van der Waals surface area contributed by atoms with Crippen molar-refractivity contribution in [3.63, 3.8) is 0 Å². The van der Waals surface area contributed by atoms with Crippen molar-refractivity contribution in [1.82, 2.24) is 9.97 Å². The van der Waals surface area contributed by atoms with E-state index in [1.807, 2.05) is 39.8 Å². The number of carbonyl (C=O) groups excluding carboxylic acids is 1. The molecule has 2 heterocycles. The maximum absolute atomic E-state index is 12.7. The van der Waals surface area contributed by atoms with Crippen molar-refractivity contribution < 1.29 is 9.53 Å². The molecule has 3 aromatic rings. The van der Waals surface area contributed by atoms with Crippen molar-refractivity contribution in [2.45, 2.75) is 40.2 Å². The van der Waals surface area contributed by atoms with Gasteiger partial charge in [-0.1, -0.05) is 37.6 Å². The lowest BCUT2D eigenvalue weighted by molar-refractivity contribution is -0.148. The standard InChI is InChI=1S/C20H21ClN2O3S/c1-10(2)16(13-5-7-14(21)8-6-13)20(25)26-9-15-22-18(24)17-11(3)12(4)27-19(17)23-15/h5-8,10,16H,9H2,1-4H3,(H,22,23,24). The first kappa shape index (κ1) is 19.6. The molecule has 27 heavy (non-hydrogen) atoms. The number of aromatic nitrogens is 2. The van der Waals surface area contributed by atoms with E-state index in [1.54, 1.807) is 12.1 Å². The monoisotopic (exact) mass is 404 g/mol. The molecule has 1 N–H and O–H groups in total. The molecule has 3 rings (SSSR count). The Morgan fingerprint density at radius 3 is 2.56 bits per heavy atom. The fourth-order valence-electron chi connectivity index (χ4n) is 3.06. The summed E-state index contributed by atoms with van der Waals surface area (Å²) in [5.41, 5.74) is 1.58. The fraction of sp³-hybridized carbons (Fsp3) is 0.350. The highest BCUT2D eigenvalue weighted by Crippen LogP contribution is 2.28. The normalized spacial score (nSPS) is 12.5. The van der Waals surface area contributed by atoms with E-state index >= 15 is 0 Å². The van der Waals surface area contributed by atoms with Crippen LogP contribution in [0.15, 0.2) is 29.1 Å². The quantitative estimate of drug-likeness (QED) is 0.623. The summed E-state index contributed by atoms with van der Waals surface area (Å²) in [6.07, 6.45) is 0. The topological polar surface area (TPSA) is 72.0 Å². The highest BCUT2D eigenvalue weighted by molar-refractivity contribution is 7.18. The number of H-pyrrole nitrogens is 1. The van der Waals surface area contributed by atoms with Crippen LogP contribution < -0.4 is 5.56 Å². The molecule has 0 aliphatic heterocycles. The van der Waals surface area contributed by atoms with Crippen LogP contribution in [0.1, 0.15) is 41.6 Å². The number of hydrogen-bond acceptors (Lipinski definition) is 5. The number of aromatic amines is 1. The van der Waals surface area contributed by atoms with Crippen molar-refractivity contribution >= 4 is 39.1 Å². The van der Waals surface area contributed by atoms with Crippen LogP contribution in [0.3, 0.4) is 0 Å². The summed E-state index contributed by atoms with van der Waals surface area (Å²) in [7, 11) is 0. The lowest BCUT2D eigenvalue weighted by Crippen LogP contribution is -2.22. The molecule has 1 unspecified atom stereocenters. The van der Waals surface area contributed by atoms with Crippen molar-refractivity contribution in [3.05, 3.63) is 61.5 Å². The van der Waals surface area contributed by atoms with Crippen LogP contribution in [-0.2, 0) is 16.1 Å². The average molecular weight is 405 g/mol. The van der Waals surface area contributed by atoms with E-state index in [0.29, 0.717) is 21.1 Å². The van der Waals surface area contributed by atoms with Gasteiger partial charge in [0.2, 0.25) is 0 Å². The molecule has 5 nitrogen and oxygen atoms in total. The smallest absolute Gasteiger partial charge is 0.314 e. The Morgan fingerprint density at radius 1 is 1.26 bits per heavy atom. The number of fused-ring (bicyclic) bond motifs is 1. The zero-order valence-electron chi connectivity index (χ0n) is 15.6. The van der Waals surface area contributed by atoms with Crippen molar-refractivity contribution in [2.24, 2.45) is 5.92 Å². The summed E-state index contributed by atoms with van der Waals surface area (Å²) >= 11 is 7.40. The van der Waals surface area contributed by atoms with E-state index < -0.39 is 5.92 Å². The molecule has 2 aromatic heterocycles. The molecule has 0 aliphatic rings. The Bertz CT molecular complexity index is 1040. The molecule has 1 atom stereocenters. The van der Waals surface area contributed by atoms with E-state index in [4.69, 9.17) is 16.3 Å². The van der Waals surface area contributed by atoms with Gasteiger partial charge in [0.1, 0.15) is 17.3 Å². The third-order valence-electron chi connectivity index (χ3n) is 4.59. The lowest BCUT2D eigenvalue weighted by Gasteiger charge is -2.19. The second-order valence-corrected chi connectivity index (χ2v) is 8.50. The minimum atomic E-state index is -0.413.